The van der Waals surface area contributed by atoms with Crippen LogP contribution >= 0.6 is 11.6 Å². The first-order valence-electron chi connectivity index (χ1n) is 11.8. The number of rotatable bonds is 8. The summed E-state index contributed by atoms with van der Waals surface area (Å²) >= 11 is 6.35. The van der Waals surface area contributed by atoms with Crippen LogP contribution < -0.4 is 23.8 Å². The number of halogens is 1. The Balaban J connectivity index is 1.98. The van der Waals surface area contributed by atoms with E-state index in [1.54, 1.807) is 18.2 Å². The van der Waals surface area contributed by atoms with Crippen LogP contribution in [0.25, 0.3) is 5.76 Å². The monoisotopic (exact) mass is 537 g/mol. The number of ether oxygens (including phenoxy) is 4. The predicted octanol–water partition coefficient (Wildman–Crippen LogP) is 5.56. The lowest BCUT2D eigenvalue weighted by Crippen LogP contribution is -2.29. The van der Waals surface area contributed by atoms with Gasteiger partial charge in [-0.05, 0) is 35.7 Å². The zero-order valence-electron chi connectivity index (χ0n) is 21.7. The summed E-state index contributed by atoms with van der Waals surface area (Å²) < 4.78 is 21.5. The zero-order chi connectivity index (χ0) is 27.6. The summed E-state index contributed by atoms with van der Waals surface area (Å²) in [5.41, 5.74) is 2.16. The van der Waals surface area contributed by atoms with Crippen LogP contribution in [-0.4, -0.2) is 45.2 Å². The Bertz CT molecular complexity index is 1420. The lowest BCUT2D eigenvalue weighted by Gasteiger charge is -2.26. The van der Waals surface area contributed by atoms with E-state index in [1.165, 1.54) is 45.5 Å². The van der Waals surface area contributed by atoms with Gasteiger partial charge in [0, 0.05) is 17.8 Å². The van der Waals surface area contributed by atoms with E-state index in [0.717, 1.165) is 12.0 Å². The zero-order valence-corrected chi connectivity index (χ0v) is 22.5. The van der Waals surface area contributed by atoms with Gasteiger partial charge in [0.2, 0.25) is 0 Å². The lowest BCUT2D eigenvalue weighted by atomic mass is 9.94. The topological polar surface area (TPSA) is 94.5 Å². The summed E-state index contributed by atoms with van der Waals surface area (Å²) in [7, 11) is 5.86. The summed E-state index contributed by atoms with van der Waals surface area (Å²) in [6.07, 6.45) is 0.817. The minimum absolute atomic E-state index is 0.103. The van der Waals surface area contributed by atoms with E-state index < -0.39 is 23.5 Å². The van der Waals surface area contributed by atoms with Crippen LogP contribution in [0.1, 0.15) is 29.7 Å². The van der Waals surface area contributed by atoms with Crippen molar-refractivity contribution in [3.05, 3.63) is 81.9 Å². The van der Waals surface area contributed by atoms with Crippen molar-refractivity contribution in [2.45, 2.75) is 19.4 Å². The minimum atomic E-state index is -0.940. The predicted molar refractivity (Wildman–Crippen MR) is 145 cm³/mol. The van der Waals surface area contributed by atoms with Crippen LogP contribution in [0, 0.1) is 0 Å². The number of Topliss-reactive ketones (excluding diaryl/α,β-unsaturated/α-hetero) is 1. The lowest BCUT2D eigenvalue weighted by molar-refractivity contribution is -0.132. The molecule has 8 nitrogen and oxygen atoms in total. The van der Waals surface area contributed by atoms with Gasteiger partial charge in [-0.15, -0.1) is 0 Å². The molecule has 0 bridgehead atoms. The van der Waals surface area contributed by atoms with E-state index in [1.807, 2.05) is 31.2 Å². The van der Waals surface area contributed by atoms with E-state index >= 15 is 0 Å². The SMILES string of the molecule is CCc1ccc(C2/C(=C(\O)c3cc(Cl)c(OC)cc3OC)C(=O)C(=O)N2c2ccc(OC)c(OC)c2)cc1. The maximum Gasteiger partial charge on any atom is 0.300 e. The highest BCUT2D eigenvalue weighted by molar-refractivity contribution is 6.51. The van der Waals surface area contributed by atoms with Gasteiger partial charge in [-0.3, -0.25) is 14.5 Å². The first-order valence-corrected chi connectivity index (χ1v) is 12.2. The number of hydrogen-bond donors (Lipinski definition) is 1. The number of carbonyl (C=O) groups excluding carboxylic acids is 2. The molecule has 1 aliphatic heterocycles. The van der Waals surface area contributed by atoms with Crippen LogP contribution in [0.3, 0.4) is 0 Å². The van der Waals surface area contributed by atoms with Gasteiger partial charge in [0.1, 0.15) is 17.3 Å². The van der Waals surface area contributed by atoms with Crippen molar-refractivity contribution in [2.24, 2.45) is 0 Å². The number of hydrogen-bond acceptors (Lipinski definition) is 7. The molecular weight excluding hydrogens is 510 g/mol. The Morgan fingerprint density at radius 3 is 2.05 bits per heavy atom. The molecule has 1 fully saturated rings. The van der Waals surface area contributed by atoms with Crippen molar-refractivity contribution in [3.8, 4) is 23.0 Å². The molecule has 1 heterocycles. The Morgan fingerprint density at radius 1 is 0.842 bits per heavy atom. The molecule has 3 aromatic carbocycles. The highest BCUT2D eigenvalue weighted by Gasteiger charge is 2.47. The fraction of sp³-hybridized carbons (Fsp3) is 0.241. The van der Waals surface area contributed by atoms with E-state index in [4.69, 9.17) is 30.5 Å². The molecule has 0 aliphatic carbocycles. The molecule has 38 heavy (non-hydrogen) atoms. The van der Waals surface area contributed by atoms with E-state index in [9.17, 15) is 14.7 Å². The summed E-state index contributed by atoms with van der Waals surface area (Å²) in [6, 6.07) is 14.5. The Labute approximate surface area is 225 Å². The average Bonchev–Trinajstić information content (AvgIpc) is 3.21. The van der Waals surface area contributed by atoms with Gasteiger partial charge in [-0.25, -0.2) is 0 Å². The summed E-state index contributed by atoms with van der Waals surface area (Å²) in [5, 5.41) is 11.7. The maximum atomic E-state index is 13.5. The fourth-order valence-corrected chi connectivity index (χ4v) is 4.76. The molecule has 1 aliphatic rings. The number of aliphatic hydroxyl groups is 1. The van der Waals surface area contributed by atoms with E-state index in [2.05, 4.69) is 0 Å². The highest BCUT2D eigenvalue weighted by atomic mass is 35.5. The number of benzene rings is 3. The number of amides is 1. The van der Waals surface area contributed by atoms with Crippen molar-refractivity contribution in [1.29, 1.82) is 0 Å². The number of ketones is 1. The summed E-state index contributed by atoms with van der Waals surface area (Å²) in [5.74, 6) is -0.668. The van der Waals surface area contributed by atoms with Crippen LogP contribution in [0.15, 0.2) is 60.2 Å². The quantitative estimate of drug-likeness (QED) is 0.228. The van der Waals surface area contributed by atoms with Crippen molar-refractivity contribution >= 4 is 34.7 Å². The average molecular weight is 538 g/mol. The standard InChI is InChI=1S/C29H28ClNO7/c1-6-16-7-9-17(10-8-16)26-25(27(32)19-14-20(30)23(37-4)15-22(19)36-3)28(33)29(34)31(26)18-11-12-21(35-2)24(13-18)38-5/h7-15,26,32H,6H2,1-5H3/b27-25+. The number of carbonyl (C=O) groups is 2. The molecule has 1 N–H and O–H groups in total. The molecule has 0 spiro atoms. The first-order chi connectivity index (χ1) is 18.3. The smallest absolute Gasteiger partial charge is 0.300 e. The second-order valence-corrected chi connectivity index (χ2v) is 8.90. The van der Waals surface area contributed by atoms with Gasteiger partial charge in [-0.2, -0.15) is 0 Å². The molecule has 9 heteroatoms. The van der Waals surface area contributed by atoms with E-state index in [-0.39, 0.29) is 21.9 Å². The number of aryl methyl sites for hydroxylation is 1. The number of aliphatic hydroxyl groups excluding tert-OH is 1. The normalized spacial score (nSPS) is 16.5. The van der Waals surface area contributed by atoms with Crippen molar-refractivity contribution in [2.75, 3.05) is 33.3 Å². The van der Waals surface area contributed by atoms with Crippen molar-refractivity contribution < 1.29 is 33.6 Å². The van der Waals surface area contributed by atoms with Gasteiger partial charge in [0.15, 0.2) is 11.5 Å². The number of anilines is 1. The molecule has 198 valence electrons. The third-order valence-corrected chi connectivity index (χ3v) is 6.82. The Hall–Kier alpha value is -4.17. The van der Waals surface area contributed by atoms with Gasteiger partial charge in [-0.1, -0.05) is 42.8 Å². The van der Waals surface area contributed by atoms with Crippen molar-refractivity contribution in [1.82, 2.24) is 0 Å². The van der Waals surface area contributed by atoms with Gasteiger partial charge >= 0.3 is 0 Å². The molecule has 4 rings (SSSR count). The summed E-state index contributed by atoms with van der Waals surface area (Å²) in [4.78, 5) is 28.4. The molecule has 1 amide bonds. The number of methoxy groups -OCH3 is 4. The molecule has 1 saturated heterocycles. The van der Waals surface area contributed by atoms with Gasteiger partial charge in [0.25, 0.3) is 11.7 Å². The fourth-order valence-electron chi connectivity index (χ4n) is 4.51. The third kappa shape index (κ3) is 4.63. The van der Waals surface area contributed by atoms with E-state index in [0.29, 0.717) is 28.5 Å². The van der Waals surface area contributed by atoms with Crippen LogP contribution in [0.4, 0.5) is 5.69 Å². The molecule has 0 radical (unpaired) electrons. The second-order valence-electron chi connectivity index (χ2n) is 8.49. The Morgan fingerprint density at radius 2 is 1.47 bits per heavy atom. The van der Waals surface area contributed by atoms with Gasteiger partial charge in [0.05, 0.1) is 50.6 Å². The highest BCUT2D eigenvalue weighted by Crippen LogP contribution is 2.46. The van der Waals surface area contributed by atoms with Crippen LogP contribution in [0.5, 0.6) is 23.0 Å². The largest absolute Gasteiger partial charge is 0.507 e. The minimum Gasteiger partial charge on any atom is -0.507 e. The second kappa shape index (κ2) is 11.1. The Kier molecular flexibility index (Phi) is 7.83. The molecule has 1 atom stereocenters. The third-order valence-electron chi connectivity index (χ3n) is 6.52. The number of nitrogens with zero attached hydrogens (tertiary/aromatic N) is 1. The molecule has 0 saturated carbocycles. The maximum absolute atomic E-state index is 13.5. The van der Waals surface area contributed by atoms with Crippen LogP contribution in [-0.2, 0) is 16.0 Å². The molecule has 1 unspecified atom stereocenters. The molecule has 0 aromatic heterocycles. The van der Waals surface area contributed by atoms with Crippen molar-refractivity contribution in [3.63, 3.8) is 0 Å². The molecule has 3 aromatic rings. The van der Waals surface area contributed by atoms with Crippen LogP contribution in [0.2, 0.25) is 5.02 Å². The molecular formula is C29H28ClNO7. The first kappa shape index (κ1) is 26.9. The van der Waals surface area contributed by atoms with Gasteiger partial charge < -0.3 is 24.1 Å². The summed E-state index contributed by atoms with van der Waals surface area (Å²) in [6.45, 7) is 2.03.